The molecule has 3 atom stereocenters. The molecule has 0 radical (unpaired) electrons. The highest BCUT2D eigenvalue weighted by Crippen LogP contribution is 2.52. The van der Waals surface area contributed by atoms with Crippen molar-refractivity contribution < 1.29 is 9.53 Å². The molecule has 2 aliphatic carbocycles. The number of ether oxygens (including phenoxy) is 1. The number of H-pyrrole nitrogens is 1. The number of hydrogen-bond acceptors (Lipinski definition) is 4. The number of carbonyl (C=O) groups excluding carboxylic acids is 1. The molecule has 134 valence electrons. The predicted molar refractivity (Wildman–Crippen MR) is 91.6 cm³/mol. The van der Waals surface area contributed by atoms with Crippen LogP contribution >= 0.6 is 0 Å². The van der Waals surface area contributed by atoms with E-state index in [1.54, 1.807) is 0 Å². The monoisotopic (exact) mass is 334 g/mol. The van der Waals surface area contributed by atoms with E-state index < -0.39 is 0 Å². The van der Waals surface area contributed by atoms with E-state index >= 15 is 0 Å². The van der Waals surface area contributed by atoms with Crippen molar-refractivity contribution in [2.45, 2.75) is 64.7 Å². The molecule has 6 heteroatoms. The van der Waals surface area contributed by atoms with Crippen molar-refractivity contribution in [1.29, 1.82) is 0 Å². The van der Waals surface area contributed by atoms with Crippen LogP contribution in [-0.4, -0.2) is 34.7 Å². The van der Waals surface area contributed by atoms with Gasteiger partial charge < -0.3 is 10.1 Å². The second kappa shape index (κ2) is 8.49. The van der Waals surface area contributed by atoms with Gasteiger partial charge in [-0.2, -0.15) is 15.4 Å². The Morgan fingerprint density at radius 3 is 2.46 bits per heavy atom. The summed E-state index contributed by atoms with van der Waals surface area (Å²) in [4.78, 5) is 11.8. The second-order valence-electron chi connectivity index (χ2n) is 7.23. The van der Waals surface area contributed by atoms with Crippen LogP contribution in [0.4, 0.5) is 4.79 Å². The van der Waals surface area contributed by atoms with E-state index in [1.807, 2.05) is 0 Å². The van der Waals surface area contributed by atoms with Crippen LogP contribution in [0.1, 0.15) is 63.3 Å². The Bertz CT molecular complexity index is 502. The average molecular weight is 334 g/mol. The summed E-state index contributed by atoms with van der Waals surface area (Å²) in [6, 6.07) is 0. The van der Waals surface area contributed by atoms with Crippen molar-refractivity contribution in [2.24, 2.45) is 17.8 Å². The number of amides is 1. The molecule has 0 spiro atoms. The number of unbranched alkanes of at least 4 members (excludes halogenated alkanes) is 4. The maximum absolute atomic E-state index is 11.8. The van der Waals surface area contributed by atoms with Crippen LogP contribution in [0.2, 0.25) is 0 Å². The maximum Gasteiger partial charge on any atom is 0.407 e. The van der Waals surface area contributed by atoms with E-state index in [4.69, 9.17) is 4.74 Å². The highest BCUT2D eigenvalue weighted by molar-refractivity contribution is 5.67. The van der Waals surface area contributed by atoms with Gasteiger partial charge in [0.15, 0.2) is 0 Å². The fourth-order valence-corrected chi connectivity index (χ4v) is 4.05. The number of nitrogens with zero attached hydrogens (tertiary/aromatic N) is 2. The first-order valence-electron chi connectivity index (χ1n) is 9.58. The average Bonchev–Trinajstić information content (AvgIpc) is 3.02. The third-order valence-corrected chi connectivity index (χ3v) is 5.60. The Morgan fingerprint density at radius 2 is 1.79 bits per heavy atom. The van der Waals surface area contributed by atoms with Gasteiger partial charge in [-0.25, -0.2) is 4.79 Å². The Morgan fingerprint density at radius 1 is 1.12 bits per heavy atom. The van der Waals surface area contributed by atoms with Crippen LogP contribution in [0.5, 0.6) is 0 Å². The van der Waals surface area contributed by atoms with E-state index in [0.29, 0.717) is 24.4 Å². The van der Waals surface area contributed by atoms with E-state index in [2.05, 4.69) is 27.7 Å². The Labute approximate surface area is 144 Å². The molecular formula is C18H30N4O2. The lowest BCUT2D eigenvalue weighted by Crippen LogP contribution is -2.26. The lowest BCUT2D eigenvalue weighted by atomic mass is 10.0. The Balaban J connectivity index is 1.29. The van der Waals surface area contributed by atoms with Gasteiger partial charge >= 0.3 is 6.09 Å². The number of carbonyl (C=O) groups is 1. The van der Waals surface area contributed by atoms with E-state index in [-0.39, 0.29) is 6.09 Å². The van der Waals surface area contributed by atoms with Crippen molar-refractivity contribution in [2.75, 3.05) is 13.2 Å². The normalized spacial score (nSPS) is 25.1. The molecule has 0 aliphatic heterocycles. The van der Waals surface area contributed by atoms with Crippen LogP contribution in [0.25, 0.3) is 0 Å². The summed E-state index contributed by atoms with van der Waals surface area (Å²) in [5.74, 6) is 1.92. The number of fused-ring (bicyclic) bond motifs is 2. The molecule has 1 aromatic heterocycles. The SMILES string of the molecule is CCCCCCCNC(=O)OCC1[C@H]2CCc3n[nH]nc3CC[C@@H]12. The van der Waals surface area contributed by atoms with Gasteiger partial charge in [0.2, 0.25) is 0 Å². The number of aromatic nitrogens is 3. The molecule has 1 unspecified atom stereocenters. The number of aryl methyl sites for hydroxylation is 2. The number of rotatable bonds is 8. The molecule has 1 aromatic rings. The number of hydrogen-bond donors (Lipinski definition) is 2. The molecule has 1 heterocycles. The third-order valence-electron chi connectivity index (χ3n) is 5.60. The summed E-state index contributed by atoms with van der Waals surface area (Å²) in [5.41, 5.74) is 2.25. The minimum atomic E-state index is -0.250. The van der Waals surface area contributed by atoms with Crippen molar-refractivity contribution in [3.8, 4) is 0 Å². The van der Waals surface area contributed by atoms with Crippen molar-refractivity contribution in [3.63, 3.8) is 0 Å². The molecule has 6 nitrogen and oxygen atoms in total. The predicted octanol–water partition coefficient (Wildman–Crippen LogP) is 3.24. The molecule has 1 fully saturated rings. The van der Waals surface area contributed by atoms with E-state index in [0.717, 1.165) is 50.0 Å². The largest absolute Gasteiger partial charge is 0.449 e. The first-order valence-corrected chi connectivity index (χ1v) is 9.58. The van der Waals surface area contributed by atoms with E-state index in [1.165, 1.54) is 25.7 Å². The molecule has 0 bridgehead atoms. The zero-order chi connectivity index (χ0) is 16.8. The molecule has 24 heavy (non-hydrogen) atoms. The molecular weight excluding hydrogens is 304 g/mol. The quantitative estimate of drug-likeness (QED) is 0.715. The summed E-state index contributed by atoms with van der Waals surface area (Å²) in [7, 11) is 0. The summed E-state index contributed by atoms with van der Waals surface area (Å²) in [6.07, 6.45) is 10.0. The highest BCUT2D eigenvalue weighted by atomic mass is 16.5. The molecule has 1 saturated carbocycles. The van der Waals surface area contributed by atoms with Gasteiger partial charge in [-0.15, -0.1) is 0 Å². The van der Waals surface area contributed by atoms with Crippen LogP contribution in [0.3, 0.4) is 0 Å². The van der Waals surface area contributed by atoms with Gasteiger partial charge in [-0.05, 0) is 49.9 Å². The Kier molecular flexibility index (Phi) is 6.10. The molecule has 2 aliphatic rings. The third kappa shape index (κ3) is 4.48. The topological polar surface area (TPSA) is 79.9 Å². The number of nitrogens with one attached hydrogen (secondary N) is 2. The van der Waals surface area contributed by atoms with Crippen molar-refractivity contribution in [1.82, 2.24) is 20.7 Å². The molecule has 1 amide bonds. The van der Waals surface area contributed by atoms with Gasteiger partial charge in [-0.3, -0.25) is 0 Å². The zero-order valence-corrected chi connectivity index (χ0v) is 14.7. The zero-order valence-electron chi connectivity index (χ0n) is 14.7. The summed E-state index contributed by atoms with van der Waals surface area (Å²) < 4.78 is 5.44. The van der Waals surface area contributed by atoms with Gasteiger partial charge in [0.05, 0.1) is 18.0 Å². The van der Waals surface area contributed by atoms with E-state index in [9.17, 15) is 4.79 Å². The lowest BCUT2D eigenvalue weighted by Gasteiger charge is -2.07. The smallest absolute Gasteiger partial charge is 0.407 e. The number of aromatic amines is 1. The van der Waals surface area contributed by atoms with Gasteiger partial charge in [0.25, 0.3) is 0 Å². The molecule has 3 rings (SSSR count). The minimum absolute atomic E-state index is 0.250. The summed E-state index contributed by atoms with van der Waals surface area (Å²) in [6.45, 7) is 3.50. The molecule has 0 aromatic carbocycles. The van der Waals surface area contributed by atoms with Crippen LogP contribution in [0.15, 0.2) is 0 Å². The molecule has 2 N–H and O–H groups in total. The fraction of sp³-hybridized carbons (Fsp3) is 0.833. The highest BCUT2D eigenvalue weighted by Gasteiger charge is 2.50. The van der Waals surface area contributed by atoms with Crippen molar-refractivity contribution >= 4 is 6.09 Å². The summed E-state index contributed by atoms with van der Waals surface area (Å²) in [5, 5.41) is 14.1. The lowest BCUT2D eigenvalue weighted by molar-refractivity contribution is 0.137. The first kappa shape index (κ1) is 17.2. The molecule has 0 saturated heterocycles. The standard InChI is InChI=1S/C18H30N4O2/c1-2-3-4-5-6-11-19-18(23)24-12-15-13-7-9-16-17(21-22-20-16)10-8-14(13)15/h13-15H,2-12H2,1H3,(H,19,23)(H,20,21,22)/t13-,14+,15?. The van der Waals surface area contributed by atoms with Gasteiger partial charge in [0, 0.05) is 6.54 Å². The van der Waals surface area contributed by atoms with Crippen LogP contribution in [-0.2, 0) is 17.6 Å². The summed E-state index contributed by atoms with van der Waals surface area (Å²) >= 11 is 0. The maximum atomic E-state index is 11.8. The first-order chi connectivity index (χ1) is 11.8. The number of alkyl carbamates (subject to hydrolysis) is 1. The Hall–Kier alpha value is -1.59. The minimum Gasteiger partial charge on any atom is -0.449 e. The van der Waals surface area contributed by atoms with Gasteiger partial charge in [-0.1, -0.05) is 32.6 Å². The second-order valence-corrected chi connectivity index (χ2v) is 7.23. The fourth-order valence-electron chi connectivity index (χ4n) is 4.05. The van der Waals surface area contributed by atoms with Crippen molar-refractivity contribution in [3.05, 3.63) is 11.4 Å². The van der Waals surface area contributed by atoms with Crippen LogP contribution < -0.4 is 5.32 Å². The van der Waals surface area contributed by atoms with Crippen LogP contribution in [0, 0.1) is 17.8 Å². The van der Waals surface area contributed by atoms with Gasteiger partial charge in [0.1, 0.15) is 0 Å².